The van der Waals surface area contributed by atoms with Crippen molar-refractivity contribution in [1.29, 1.82) is 0 Å². The zero-order chi connectivity index (χ0) is 17.1. The molecular formula is C19H18N2O4. The number of benzene rings is 2. The number of hydrogen-bond donors (Lipinski definition) is 0. The first-order chi connectivity index (χ1) is 12.3. The summed E-state index contributed by atoms with van der Waals surface area (Å²) in [6, 6.07) is 11.6. The molecule has 0 spiro atoms. The van der Waals surface area contributed by atoms with Crippen LogP contribution in [0.25, 0.3) is 0 Å². The van der Waals surface area contributed by atoms with Gasteiger partial charge in [-0.3, -0.25) is 9.98 Å². The molecule has 0 radical (unpaired) electrons. The van der Waals surface area contributed by atoms with Gasteiger partial charge in [0.05, 0.1) is 12.6 Å². The van der Waals surface area contributed by atoms with Crippen molar-refractivity contribution in [2.75, 3.05) is 20.1 Å². The van der Waals surface area contributed by atoms with Gasteiger partial charge in [0, 0.05) is 12.4 Å². The van der Waals surface area contributed by atoms with Gasteiger partial charge in [0.1, 0.15) is 0 Å². The molecule has 2 heterocycles. The van der Waals surface area contributed by atoms with Gasteiger partial charge in [0.25, 0.3) is 0 Å². The van der Waals surface area contributed by atoms with Gasteiger partial charge in [0.2, 0.25) is 13.6 Å². The average molecular weight is 338 g/mol. The zero-order valence-corrected chi connectivity index (χ0v) is 13.8. The molecule has 0 aliphatic carbocycles. The van der Waals surface area contributed by atoms with Crippen molar-refractivity contribution in [1.82, 2.24) is 0 Å². The van der Waals surface area contributed by atoms with Gasteiger partial charge in [-0.25, -0.2) is 0 Å². The molecule has 0 aromatic heterocycles. The van der Waals surface area contributed by atoms with E-state index in [1.54, 1.807) is 0 Å². The summed E-state index contributed by atoms with van der Waals surface area (Å²) in [6.07, 6.45) is 3.66. The lowest BCUT2D eigenvalue weighted by Gasteiger charge is -2.02. The molecule has 4 rings (SSSR count). The van der Waals surface area contributed by atoms with Crippen LogP contribution in [0.5, 0.6) is 23.0 Å². The highest BCUT2D eigenvalue weighted by atomic mass is 16.7. The minimum absolute atomic E-state index is 0.0793. The lowest BCUT2D eigenvalue weighted by Crippen LogP contribution is -2.03. The Morgan fingerprint density at radius 3 is 2.04 bits per heavy atom. The molecule has 0 N–H and O–H groups in total. The molecule has 6 heteroatoms. The van der Waals surface area contributed by atoms with Crippen LogP contribution in [-0.4, -0.2) is 38.6 Å². The van der Waals surface area contributed by atoms with E-state index in [9.17, 15) is 0 Å². The molecule has 0 saturated carbocycles. The summed E-state index contributed by atoms with van der Waals surface area (Å²) >= 11 is 0. The summed E-state index contributed by atoms with van der Waals surface area (Å²) in [7, 11) is 0. The Hall–Kier alpha value is -3.02. The van der Waals surface area contributed by atoms with Crippen LogP contribution in [0.4, 0.5) is 0 Å². The maximum Gasteiger partial charge on any atom is 0.231 e. The SMILES string of the molecule is CC(CN=Cc1ccc2c(c1)OCO2)N=Cc1ccc2c(c1)OCO2. The van der Waals surface area contributed by atoms with E-state index in [0.29, 0.717) is 6.54 Å². The summed E-state index contributed by atoms with van der Waals surface area (Å²) in [5.41, 5.74) is 1.96. The molecule has 1 atom stereocenters. The summed E-state index contributed by atoms with van der Waals surface area (Å²) in [5, 5.41) is 0. The van der Waals surface area contributed by atoms with Gasteiger partial charge in [-0.15, -0.1) is 0 Å². The van der Waals surface area contributed by atoms with Crippen LogP contribution in [0.15, 0.2) is 46.4 Å². The highest BCUT2D eigenvalue weighted by Gasteiger charge is 2.13. The maximum atomic E-state index is 5.36. The van der Waals surface area contributed by atoms with Crippen LogP contribution in [-0.2, 0) is 0 Å². The molecule has 25 heavy (non-hydrogen) atoms. The van der Waals surface area contributed by atoms with Gasteiger partial charge < -0.3 is 18.9 Å². The van der Waals surface area contributed by atoms with E-state index in [-0.39, 0.29) is 19.6 Å². The zero-order valence-electron chi connectivity index (χ0n) is 13.8. The average Bonchev–Trinajstić information content (AvgIpc) is 3.28. The molecule has 2 aromatic rings. The van der Waals surface area contributed by atoms with Crippen LogP contribution < -0.4 is 18.9 Å². The fourth-order valence-electron chi connectivity index (χ4n) is 2.56. The topological polar surface area (TPSA) is 61.6 Å². The molecule has 128 valence electrons. The largest absolute Gasteiger partial charge is 0.454 e. The van der Waals surface area contributed by atoms with Crippen LogP contribution in [0.2, 0.25) is 0 Å². The number of hydrogen-bond acceptors (Lipinski definition) is 6. The lowest BCUT2D eigenvalue weighted by atomic mass is 10.2. The summed E-state index contributed by atoms with van der Waals surface area (Å²) < 4.78 is 21.3. The van der Waals surface area contributed by atoms with Crippen molar-refractivity contribution in [3.05, 3.63) is 47.5 Å². The van der Waals surface area contributed by atoms with E-state index in [2.05, 4.69) is 9.98 Å². The van der Waals surface area contributed by atoms with Gasteiger partial charge in [0.15, 0.2) is 23.0 Å². The van der Waals surface area contributed by atoms with E-state index < -0.39 is 0 Å². The van der Waals surface area contributed by atoms with Crippen molar-refractivity contribution in [3.8, 4) is 23.0 Å². The van der Waals surface area contributed by atoms with E-state index >= 15 is 0 Å². The second-order valence-corrected chi connectivity index (χ2v) is 5.85. The normalized spacial score (nSPS) is 16.0. The predicted octanol–water partition coefficient (Wildman–Crippen LogP) is 3.07. The minimum Gasteiger partial charge on any atom is -0.454 e. The van der Waals surface area contributed by atoms with Crippen LogP contribution >= 0.6 is 0 Å². The van der Waals surface area contributed by atoms with E-state index in [4.69, 9.17) is 18.9 Å². The van der Waals surface area contributed by atoms with Gasteiger partial charge >= 0.3 is 0 Å². The Bertz CT molecular complexity index is 832. The first-order valence-corrected chi connectivity index (χ1v) is 8.10. The third kappa shape index (κ3) is 3.57. The molecule has 6 nitrogen and oxygen atoms in total. The van der Waals surface area contributed by atoms with E-state index in [1.807, 2.05) is 55.8 Å². The van der Waals surface area contributed by atoms with E-state index in [1.165, 1.54) is 0 Å². The summed E-state index contributed by atoms with van der Waals surface area (Å²) in [6.45, 7) is 3.19. The molecule has 2 aromatic carbocycles. The second kappa shape index (κ2) is 6.84. The standard InChI is InChI=1S/C19H18N2O4/c1-13(21-10-15-3-5-17-19(7-15)25-12-23-17)8-20-9-14-2-4-16-18(6-14)24-11-22-16/h2-7,9-10,13H,8,11-12H2,1H3. The molecule has 0 fully saturated rings. The minimum atomic E-state index is 0.0793. The number of aliphatic imine (C=N–C) groups is 2. The predicted molar refractivity (Wildman–Crippen MR) is 94.6 cm³/mol. The Labute approximate surface area is 145 Å². The molecule has 0 bridgehead atoms. The van der Waals surface area contributed by atoms with Crippen molar-refractivity contribution in [2.45, 2.75) is 13.0 Å². The van der Waals surface area contributed by atoms with Gasteiger partial charge in [-0.2, -0.15) is 0 Å². The van der Waals surface area contributed by atoms with Crippen molar-refractivity contribution >= 4 is 12.4 Å². The fourth-order valence-corrected chi connectivity index (χ4v) is 2.56. The smallest absolute Gasteiger partial charge is 0.231 e. The molecule has 0 amide bonds. The first-order valence-electron chi connectivity index (χ1n) is 8.10. The quantitative estimate of drug-likeness (QED) is 0.786. The van der Waals surface area contributed by atoms with Crippen LogP contribution in [0.3, 0.4) is 0 Å². The maximum absolute atomic E-state index is 5.36. The van der Waals surface area contributed by atoms with Crippen LogP contribution in [0.1, 0.15) is 18.1 Å². The fraction of sp³-hybridized carbons (Fsp3) is 0.263. The third-order valence-electron chi connectivity index (χ3n) is 3.88. The van der Waals surface area contributed by atoms with Gasteiger partial charge in [-0.05, 0) is 54.4 Å². The first kappa shape index (κ1) is 15.5. The highest BCUT2D eigenvalue weighted by Crippen LogP contribution is 2.32. The van der Waals surface area contributed by atoms with Gasteiger partial charge in [-0.1, -0.05) is 0 Å². The Kier molecular flexibility index (Phi) is 4.24. The summed E-state index contributed by atoms with van der Waals surface area (Å²) in [5.74, 6) is 3.08. The third-order valence-corrected chi connectivity index (χ3v) is 3.88. The molecule has 2 aliphatic heterocycles. The van der Waals surface area contributed by atoms with Crippen LogP contribution in [0, 0.1) is 0 Å². The Morgan fingerprint density at radius 1 is 0.840 bits per heavy atom. The molecule has 2 aliphatic rings. The molecule has 1 unspecified atom stereocenters. The lowest BCUT2D eigenvalue weighted by molar-refractivity contribution is 0.173. The second-order valence-electron chi connectivity index (χ2n) is 5.85. The van der Waals surface area contributed by atoms with Crippen molar-refractivity contribution in [3.63, 3.8) is 0 Å². The Morgan fingerprint density at radius 2 is 1.40 bits per heavy atom. The molecule has 0 saturated heterocycles. The number of fused-ring (bicyclic) bond motifs is 2. The monoisotopic (exact) mass is 338 g/mol. The Balaban J connectivity index is 1.33. The van der Waals surface area contributed by atoms with Crippen molar-refractivity contribution in [2.24, 2.45) is 9.98 Å². The number of nitrogens with zero attached hydrogens (tertiary/aromatic N) is 2. The van der Waals surface area contributed by atoms with E-state index in [0.717, 1.165) is 34.1 Å². The number of rotatable bonds is 5. The molecular weight excluding hydrogens is 320 g/mol. The highest BCUT2D eigenvalue weighted by molar-refractivity contribution is 5.82. The number of ether oxygens (including phenoxy) is 4. The van der Waals surface area contributed by atoms with Crippen molar-refractivity contribution < 1.29 is 18.9 Å². The summed E-state index contributed by atoms with van der Waals surface area (Å²) in [4.78, 5) is 8.99.